The van der Waals surface area contributed by atoms with Crippen LogP contribution in [0, 0.1) is 5.92 Å². The molecular weight excluding hydrogens is 254 g/mol. The second-order valence-corrected chi connectivity index (χ2v) is 5.29. The second-order valence-electron chi connectivity index (χ2n) is 5.29. The number of benzene rings is 1. The highest BCUT2D eigenvalue weighted by molar-refractivity contribution is 5.80. The lowest BCUT2D eigenvalue weighted by atomic mass is 9.83. The highest BCUT2D eigenvalue weighted by Gasteiger charge is 2.26. The minimum Gasteiger partial charge on any atom is -0.469 e. The van der Waals surface area contributed by atoms with Crippen LogP contribution in [0.1, 0.15) is 24.0 Å². The average molecular weight is 275 g/mol. The second kappa shape index (κ2) is 6.55. The fraction of sp³-hybridized carbons (Fsp3) is 0.500. The minimum absolute atomic E-state index is 0.0348. The molecule has 20 heavy (non-hydrogen) atoms. The molecule has 4 nitrogen and oxygen atoms in total. The van der Waals surface area contributed by atoms with Crippen LogP contribution in [-0.4, -0.2) is 37.5 Å². The quantitative estimate of drug-likeness (QED) is 0.787. The van der Waals surface area contributed by atoms with E-state index in [1.807, 2.05) is 12.1 Å². The molecule has 1 aliphatic carbocycles. The van der Waals surface area contributed by atoms with E-state index < -0.39 is 0 Å². The third-order valence-corrected chi connectivity index (χ3v) is 3.95. The number of aryl methyl sites for hydroxylation is 1. The summed E-state index contributed by atoms with van der Waals surface area (Å²) in [5.74, 6) is -0.116. The van der Waals surface area contributed by atoms with Crippen LogP contribution in [0.3, 0.4) is 0 Å². The number of fused-ring (bicyclic) bond motifs is 1. The van der Waals surface area contributed by atoms with Gasteiger partial charge in [-0.25, -0.2) is 0 Å². The molecule has 0 heterocycles. The summed E-state index contributed by atoms with van der Waals surface area (Å²) in [7, 11) is 3.12. The number of hydrogen-bond donors (Lipinski definition) is 0. The number of nitrogens with zero attached hydrogens (tertiary/aromatic N) is 1. The summed E-state index contributed by atoms with van der Waals surface area (Å²) in [6.45, 7) is 0.420. The topological polar surface area (TPSA) is 46.6 Å². The fourth-order valence-corrected chi connectivity index (χ4v) is 2.69. The van der Waals surface area contributed by atoms with E-state index in [1.165, 1.54) is 18.2 Å². The zero-order chi connectivity index (χ0) is 14.5. The van der Waals surface area contributed by atoms with Crippen LogP contribution in [0.2, 0.25) is 0 Å². The Labute approximate surface area is 119 Å². The maximum absolute atomic E-state index is 12.4. The Hall–Kier alpha value is -1.84. The van der Waals surface area contributed by atoms with Gasteiger partial charge in [0.2, 0.25) is 5.91 Å². The van der Waals surface area contributed by atoms with Crippen molar-refractivity contribution >= 4 is 11.9 Å². The van der Waals surface area contributed by atoms with Gasteiger partial charge in [-0.05, 0) is 30.4 Å². The van der Waals surface area contributed by atoms with E-state index >= 15 is 0 Å². The summed E-state index contributed by atoms with van der Waals surface area (Å²) in [6.07, 6.45) is 2.90. The van der Waals surface area contributed by atoms with Crippen molar-refractivity contribution in [2.45, 2.75) is 25.7 Å². The van der Waals surface area contributed by atoms with Gasteiger partial charge in [0.1, 0.15) is 0 Å². The zero-order valence-corrected chi connectivity index (χ0v) is 12.1. The Balaban J connectivity index is 1.92. The van der Waals surface area contributed by atoms with Crippen LogP contribution in [0.15, 0.2) is 24.3 Å². The number of methoxy groups -OCH3 is 1. The summed E-state index contributed by atoms with van der Waals surface area (Å²) in [5, 5.41) is 0. The van der Waals surface area contributed by atoms with Gasteiger partial charge in [-0.2, -0.15) is 0 Å². The van der Waals surface area contributed by atoms with Gasteiger partial charge in [0, 0.05) is 19.5 Å². The third-order valence-electron chi connectivity index (χ3n) is 3.95. The van der Waals surface area contributed by atoms with E-state index in [-0.39, 0.29) is 24.2 Å². The largest absolute Gasteiger partial charge is 0.469 e. The van der Waals surface area contributed by atoms with Crippen LogP contribution >= 0.6 is 0 Å². The molecule has 0 fully saturated rings. The molecule has 4 heteroatoms. The van der Waals surface area contributed by atoms with Crippen molar-refractivity contribution in [3.05, 3.63) is 35.4 Å². The summed E-state index contributed by atoms with van der Waals surface area (Å²) < 4.78 is 4.60. The Kier molecular flexibility index (Phi) is 4.77. The van der Waals surface area contributed by atoms with Gasteiger partial charge in [0.25, 0.3) is 0 Å². The average Bonchev–Trinajstić information content (AvgIpc) is 2.50. The van der Waals surface area contributed by atoms with E-state index in [9.17, 15) is 9.59 Å². The van der Waals surface area contributed by atoms with Crippen LogP contribution < -0.4 is 0 Å². The molecule has 0 spiro atoms. The first-order valence-corrected chi connectivity index (χ1v) is 7.00. The summed E-state index contributed by atoms with van der Waals surface area (Å²) >= 11 is 0. The van der Waals surface area contributed by atoms with E-state index in [0.29, 0.717) is 6.54 Å². The van der Waals surface area contributed by atoms with Gasteiger partial charge >= 0.3 is 5.97 Å². The first kappa shape index (κ1) is 14.6. The van der Waals surface area contributed by atoms with Gasteiger partial charge in [-0.1, -0.05) is 24.3 Å². The number of hydrogen-bond acceptors (Lipinski definition) is 3. The molecule has 0 radical (unpaired) electrons. The molecule has 0 saturated heterocycles. The standard InChI is InChI=1S/C16H21NO3/c1-17(10-9-15(18)20-2)16(19)14-8-7-12-5-3-4-6-13(12)11-14/h3-6,14H,7-11H2,1-2H3. The molecule has 108 valence electrons. The maximum atomic E-state index is 12.4. The van der Waals surface area contributed by atoms with Crippen molar-refractivity contribution in [2.24, 2.45) is 5.92 Å². The first-order chi connectivity index (χ1) is 9.61. The summed E-state index contributed by atoms with van der Waals surface area (Å²) in [5.41, 5.74) is 2.63. The number of ether oxygens (including phenoxy) is 1. The fourth-order valence-electron chi connectivity index (χ4n) is 2.69. The van der Waals surface area contributed by atoms with Gasteiger partial charge in [-0.15, -0.1) is 0 Å². The molecule has 0 saturated carbocycles. The predicted octanol–water partition coefficient (Wildman–Crippen LogP) is 1.81. The van der Waals surface area contributed by atoms with Crippen molar-refractivity contribution in [1.29, 1.82) is 0 Å². The van der Waals surface area contributed by atoms with E-state index in [0.717, 1.165) is 19.3 Å². The lowest BCUT2D eigenvalue weighted by molar-refractivity contribution is -0.142. The van der Waals surface area contributed by atoms with Gasteiger partial charge < -0.3 is 9.64 Å². The highest BCUT2D eigenvalue weighted by Crippen LogP contribution is 2.26. The zero-order valence-electron chi connectivity index (χ0n) is 12.1. The number of amides is 1. The Morgan fingerprint density at radius 3 is 2.70 bits per heavy atom. The third kappa shape index (κ3) is 3.38. The number of carbonyl (C=O) groups is 2. The lowest BCUT2D eigenvalue weighted by Crippen LogP contribution is -2.37. The lowest BCUT2D eigenvalue weighted by Gasteiger charge is -2.27. The number of esters is 1. The van der Waals surface area contributed by atoms with E-state index in [1.54, 1.807) is 11.9 Å². The van der Waals surface area contributed by atoms with Crippen LogP contribution in [-0.2, 0) is 27.2 Å². The van der Waals surface area contributed by atoms with Gasteiger partial charge in [0.05, 0.1) is 13.5 Å². The van der Waals surface area contributed by atoms with Crippen LogP contribution in [0.25, 0.3) is 0 Å². The molecule has 1 aliphatic rings. The molecule has 0 aliphatic heterocycles. The van der Waals surface area contributed by atoms with Crippen LogP contribution in [0.4, 0.5) is 0 Å². The molecule has 1 atom stereocenters. The predicted molar refractivity (Wildman–Crippen MR) is 76.2 cm³/mol. The van der Waals surface area contributed by atoms with E-state index in [4.69, 9.17) is 0 Å². The summed E-state index contributed by atoms with van der Waals surface area (Å²) in [4.78, 5) is 25.1. The van der Waals surface area contributed by atoms with Crippen molar-refractivity contribution in [2.75, 3.05) is 20.7 Å². The maximum Gasteiger partial charge on any atom is 0.307 e. The molecule has 1 unspecified atom stereocenters. The van der Waals surface area contributed by atoms with Crippen molar-refractivity contribution < 1.29 is 14.3 Å². The monoisotopic (exact) mass is 275 g/mol. The smallest absolute Gasteiger partial charge is 0.307 e. The van der Waals surface area contributed by atoms with Crippen molar-refractivity contribution in [3.63, 3.8) is 0 Å². The molecule has 1 aromatic carbocycles. The normalized spacial score (nSPS) is 17.2. The Morgan fingerprint density at radius 1 is 1.30 bits per heavy atom. The first-order valence-electron chi connectivity index (χ1n) is 7.00. The van der Waals surface area contributed by atoms with Crippen molar-refractivity contribution in [1.82, 2.24) is 4.90 Å². The minimum atomic E-state index is -0.279. The van der Waals surface area contributed by atoms with Gasteiger partial charge in [-0.3, -0.25) is 9.59 Å². The SMILES string of the molecule is COC(=O)CCN(C)C(=O)C1CCc2ccccc2C1. The Morgan fingerprint density at radius 2 is 2.00 bits per heavy atom. The van der Waals surface area contributed by atoms with Crippen molar-refractivity contribution in [3.8, 4) is 0 Å². The Bertz CT molecular complexity index is 498. The van der Waals surface area contributed by atoms with Gasteiger partial charge in [0.15, 0.2) is 0 Å². The molecule has 0 bridgehead atoms. The molecular formula is C16H21NO3. The molecule has 0 N–H and O–H groups in total. The highest BCUT2D eigenvalue weighted by atomic mass is 16.5. The molecule has 1 amide bonds. The molecule has 1 aromatic rings. The molecule has 2 rings (SSSR count). The number of carbonyl (C=O) groups excluding carboxylic acids is 2. The summed E-state index contributed by atoms with van der Waals surface area (Å²) in [6, 6.07) is 8.30. The van der Waals surface area contributed by atoms with Crippen LogP contribution in [0.5, 0.6) is 0 Å². The van der Waals surface area contributed by atoms with E-state index in [2.05, 4.69) is 16.9 Å². The molecule has 0 aromatic heterocycles. The number of rotatable bonds is 4.